The molecular formula is C12H8Cl3N3O2. The molecule has 8 heteroatoms. The normalized spacial score (nSPS) is 10.9. The van der Waals surface area contributed by atoms with Gasteiger partial charge in [-0.3, -0.25) is 5.43 Å². The molecule has 0 amide bonds. The summed E-state index contributed by atoms with van der Waals surface area (Å²) in [5.74, 6) is -0.289. The Balaban J connectivity index is 2.18. The number of nitrogens with one attached hydrogen (secondary N) is 1. The summed E-state index contributed by atoms with van der Waals surface area (Å²) in [6.45, 7) is 0. The SMILES string of the molecule is Oc1cccc(/C=N/Nc2nc(Cl)c(Cl)cc2Cl)c1O. The van der Waals surface area contributed by atoms with Crippen molar-refractivity contribution in [1.29, 1.82) is 0 Å². The maximum Gasteiger partial charge on any atom is 0.166 e. The summed E-state index contributed by atoms with van der Waals surface area (Å²) in [4.78, 5) is 3.91. The van der Waals surface area contributed by atoms with E-state index in [4.69, 9.17) is 34.8 Å². The summed E-state index contributed by atoms with van der Waals surface area (Å²) >= 11 is 17.4. The standard InChI is InChI=1S/C12H8Cl3N3O2/c13-7-4-8(14)12(17-11(7)15)18-16-5-6-2-1-3-9(19)10(6)20/h1-5,19-20H,(H,17,18)/b16-5+. The van der Waals surface area contributed by atoms with Crippen molar-refractivity contribution in [2.45, 2.75) is 0 Å². The first-order valence-corrected chi connectivity index (χ1v) is 6.44. The molecule has 0 unspecified atom stereocenters. The van der Waals surface area contributed by atoms with Crippen molar-refractivity contribution in [2.24, 2.45) is 5.10 Å². The van der Waals surface area contributed by atoms with Gasteiger partial charge in [-0.05, 0) is 18.2 Å². The average molecular weight is 333 g/mol. The Kier molecular flexibility index (Phi) is 4.54. The largest absolute Gasteiger partial charge is 0.504 e. The first kappa shape index (κ1) is 14.7. The van der Waals surface area contributed by atoms with Gasteiger partial charge in [0.25, 0.3) is 0 Å². The quantitative estimate of drug-likeness (QED) is 0.345. The molecule has 0 radical (unpaired) electrons. The van der Waals surface area contributed by atoms with E-state index in [1.807, 2.05) is 0 Å². The van der Waals surface area contributed by atoms with Gasteiger partial charge >= 0.3 is 0 Å². The number of phenols is 2. The van der Waals surface area contributed by atoms with Crippen LogP contribution in [-0.4, -0.2) is 21.4 Å². The lowest BCUT2D eigenvalue weighted by atomic mass is 10.2. The van der Waals surface area contributed by atoms with Crippen LogP contribution in [0.1, 0.15) is 5.56 Å². The van der Waals surface area contributed by atoms with Crippen LogP contribution in [0.3, 0.4) is 0 Å². The fourth-order valence-corrected chi connectivity index (χ4v) is 1.88. The van der Waals surface area contributed by atoms with Crippen molar-refractivity contribution in [3.8, 4) is 11.5 Å². The molecule has 0 saturated carbocycles. The van der Waals surface area contributed by atoms with Gasteiger partial charge in [0, 0.05) is 5.56 Å². The topological polar surface area (TPSA) is 77.7 Å². The predicted octanol–water partition coefficient (Wildman–Crippen LogP) is 3.90. The van der Waals surface area contributed by atoms with E-state index in [-0.39, 0.29) is 32.5 Å². The van der Waals surface area contributed by atoms with Gasteiger partial charge in [-0.25, -0.2) is 4.98 Å². The number of hydrazone groups is 1. The number of benzene rings is 1. The van der Waals surface area contributed by atoms with Gasteiger partial charge in [-0.1, -0.05) is 40.9 Å². The molecule has 1 aromatic carbocycles. The molecule has 2 rings (SSSR count). The number of nitrogens with zero attached hydrogens (tertiary/aromatic N) is 2. The van der Waals surface area contributed by atoms with Gasteiger partial charge in [-0.2, -0.15) is 5.10 Å². The molecular weight excluding hydrogens is 325 g/mol. The second kappa shape index (κ2) is 6.17. The Labute approximate surface area is 129 Å². The van der Waals surface area contributed by atoms with Crippen molar-refractivity contribution in [2.75, 3.05) is 5.43 Å². The van der Waals surface area contributed by atoms with Crippen LogP contribution in [0.4, 0.5) is 5.82 Å². The van der Waals surface area contributed by atoms with E-state index in [1.165, 1.54) is 18.3 Å². The minimum Gasteiger partial charge on any atom is -0.504 e. The molecule has 0 aliphatic carbocycles. The number of hydrogen-bond acceptors (Lipinski definition) is 5. The summed E-state index contributed by atoms with van der Waals surface area (Å²) in [6, 6.07) is 5.94. The third kappa shape index (κ3) is 3.25. The van der Waals surface area contributed by atoms with Crippen LogP contribution < -0.4 is 5.43 Å². The number of para-hydroxylation sites is 1. The second-order valence-electron chi connectivity index (χ2n) is 3.68. The van der Waals surface area contributed by atoms with Crippen LogP contribution in [0, 0.1) is 0 Å². The average Bonchev–Trinajstić information content (AvgIpc) is 2.40. The summed E-state index contributed by atoms with van der Waals surface area (Å²) < 4.78 is 0. The first-order chi connectivity index (χ1) is 9.49. The molecule has 0 spiro atoms. The number of aromatic hydroxyl groups is 2. The maximum atomic E-state index is 9.58. The minimum atomic E-state index is -0.272. The number of pyridine rings is 1. The fourth-order valence-electron chi connectivity index (χ4n) is 1.34. The molecule has 0 saturated heterocycles. The van der Waals surface area contributed by atoms with Gasteiger partial charge in [0.2, 0.25) is 0 Å². The molecule has 1 aromatic heterocycles. The Morgan fingerprint density at radius 1 is 1.15 bits per heavy atom. The number of hydrogen-bond donors (Lipinski definition) is 3. The van der Waals surface area contributed by atoms with Crippen LogP contribution >= 0.6 is 34.8 Å². The van der Waals surface area contributed by atoms with E-state index in [0.717, 1.165) is 0 Å². The van der Waals surface area contributed by atoms with Crippen LogP contribution in [0.5, 0.6) is 11.5 Å². The second-order valence-corrected chi connectivity index (χ2v) is 4.85. The van der Waals surface area contributed by atoms with Gasteiger partial charge in [0.15, 0.2) is 17.3 Å². The van der Waals surface area contributed by atoms with Gasteiger partial charge in [-0.15, -0.1) is 0 Å². The van der Waals surface area contributed by atoms with Crippen molar-refractivity contribution in [3.63, 3.8) is 0 Å². The highest BCUT2D eigenvalue weighted by Crippen LogP contribution is 2.29. The third-order valence-electron chi connectivity index (χ3n) is 2.31. The van der Waals surface area contributed by atoms with E-state index < -0.39 is 0 Å². The zero-order valence-electron chi connectivity index (χ0n) is 9.81. The minimum absolute atomic E-state index is 0.0916. The van der Waals surface area contributed by atoms with Crippen LogP contribution in [0.25, 0.3) is 0 Å². The smallest absolute Gasteiger partial charge is 0.166 e. The molecule has 0 bridgehead atoms. The molecule has 1 heterocycles. The molecule has 0 atom stereocenters. The van der Waals surface area contributed by atoms with Crippen LogP contribution in [-0.2, 0) is 0 Å². The first-order valence-electron chi connectivity index (χ1n) is 5.30. The molecule has 3 N–H and O–H groups in total. The molecule has 0 aliphatic heterocycles. The monoisotopic (exact) mass is 331 g/mol. The van der Waals surface area contributed by atoms with Gasteiger partial charge in [0.1, 0.15) is 5.15 Å². The number of aromatic nitrogens is 1. The Bertz CT molecular complexity index is 677. The Morgan fingerprint density at radius 2 is 1.90 bits per heavy atom. The lowest BCUT2D eigenvalue weighted by Crippen LogP contribution is -1.95. The molecule has 2 aromatic rings. The van der Waals surface area contributed by atoms with Crippen molar-refractivity contribution >= 4 is 46.8 Å². The highest BCUT2D eigenvalue weighted by molar-refractivity contribution is 6.42. The van der Waals surface area contributed by atoms with Gasteiger partial charge in [0.05, 0.1) is 16.3 Å². The zero-order valence-corrected chi connectivity index (χ0v) is 12.1. The van der Waals surface area contributed by atoms with Crippen LogP contribution in [0.2, 0.25) is 15.2 Å². The highest BCUT2D eigenvalue weighted by Gasteiger charge is 2.07. The van der Waals surface area contributed by atoms with E-state index in [1.54, 1.807) is 12.1 Å². The maximum absolute atomic E-state index is 9.58. The molecule has 20 heavy (non-hydrogen) atoms. The van der Waals surface area contributed by atoms with Gasteiger partial charge < -0.3 is 10.2 Å². The summed E-state index contributed by atoms with van der Waals surface area (Å²) in [5, 5.41) is 23.3. The lowest BCUT2D eigenvalue weighted by Gasteiger charge is -2.04. The van der Waals surface area contributed by atoms with E-state index in [2.05, 4.69) is 15.5 Å². The Hall–Kier alpha value is -1.69. The number of phenolic OH excluding ortho intramolecular Hbond substituents is 2. The number of anilines is 1. The molecule has 104 valence electrons. The van der Waals surface area contributed by atoms with E-state index in [9.17, 15) is 10.2 Å². The summed E-state index contributed by atoms with van der Waals surface area (Å²) in [7, 11) is 0. The summed E-state index contributed by atoms with van der Waals surface area (Å²) in [6.07, 6.45) is 1.30. The van der Waals surface area contributed by atoms with Crippen molar-refractivity contribution < 1.29 is 10.2 Å². The van der Waals surface area contributed by atoms with Crippen LogP contribution in [0.15, 0.2) is 29.4 Å². The van der Waals surface area contributed by atoms with Crippen molar-refractivity contribution in [3.05, 3.63) is 45.0 Å². The number of rotatable bonds is 3. The molecule has 0 aliphatic rings. The highest BCUT2D eigenvalue weighted by atomic mass is 35.5. The zero-order chi connectivity index (χ0) is 14.7. The van der Waals surface area contributed by atoms with E-state index in [0.29, 0.717) is 5.56 Å². The number of halogens is 3. The molecule has 0 fully saturated rings. The lowest BCUT2D eigenvalue weighted by molar-refractivity contribution is 0.403. The molecule has 5 nitrogen and oxygen atoms in total. The Morgan fingerprint density at radius 3 is 2.65 bits per heavy atom. The van der Waals surface area contributed by atoms with E-state index >= 15 is 0 Å². The predicted molar refractivity (Wildman–Crippen MR) is 80.3 cm³/mol. The van der Waals surface area contributed by atoms with Crippen molar-refractivity contribution in [1.82, 2.24) is 4.98 Å². The summed E-state index contributed by atoms with van der Waals surface area (Å²) in [5.41, 5.74) is 2.89. The third-order valence-corrected chi connectivity index (χ3v) is 3.27. The fraction of sp³-hybridized carbons (Fsp3) is 0.